The normalized spacial score (nSPS) is 19.6. The Hall–Kier alpha value is -1.93. The van der Waals surface area contributed by atoms with Gasteiger partial charge in [-0.2, -0.15) is 4.31 Å². The Balaban J connectivity index is 2.17. The summed E-state index contributed by atoms with van der Waals surface area (Å²) in [4.78, 5) is 23.5. The van der Waals surface area contributed by atoms with Crippen LogP contribution in [0.1, 0.15) is 29.6 Å². The summed E-state index contributed by atoms with van der Waals surface area (Å²) in [6.07, 6.45) is 3.13. The summed E-state index contributed by atoms with van der Waals surface area (Å²) < 4.78 is 24.8. The molecule has 120 valence electrons. The zero-order valence-electron chi connectivity index (χ0n) is 12.3. The first-order chi connectivity index (χ1) is 10.3. The molecule has 0 radical (unpaired) electrons. The van der Waals surface area contributed by atoms with Crippen molar-refractivity contribution in [2.24, 2.45) is 5.73 Å². The molecule has 1 aromatic rings. The van der Waals surface area contributed by atoms with Crippen LogP contribution in [0.3, 0.4) is 0 Å². The maximum Gasteiger partial charge on any atom is 0.248 e. The van der Waals surface area contributed by atoms with Crippen molar-refractivity contribution >= 4 is 27.5 Å². The van der Waals surface area contributed by atoms with E-state index in [1.54, 1.807) is 18.2 Å². The van der Waals surface area contributed by atoms with Crippen LogP contribution >= 0.6 is 0 Å². The van der Waals surface area contributed by atoms with Gasteiger partial charge in [-0.15, -0.1) is 0 Å². The molecule has 2 amide bonds. The molecule has 2 rings (SSSR count). The molecule has 22 heavy (non-hydrogen) atoms. The lowest BCUT2D eigenvalue weighted by Crippen LogP contribution is -2.49. The first-order valence-electron chi connectivity index (χ1n) is 6.96. The highest BCUT2D eigenvalue weighted by atomic mass is 32.2. The average Bonchev–Trinajstić information content (AvgIpc) is 2.46. The first-order valence-corrected chi connectivity index (χ1v) is 8.81. The smallest absolute Gasteiger partial charge is 0.248 e. The second kappa shape index (κ2) is 6.45. The summed E-state index contributed by atoms with van der Waals surface area (Å²) in [6, 6.07) is 5.51. The average molecular weight is 325 g/mol. The van der Waals surface area contributed by atoms with E-state index < -0.39 is 27.9 Å². The molecule has 0 spiro atoms. The molecule has 0 aromatic heterocycles. The quantitative estimate of drug-likeness (QED) is 0.841. The van der Waals surface area contributed by atoms with E-state index in [0.29, 0.717) is 18.7 Å². The summed E-state index contributed by atoms with van der Waals surface area (Å²) >= 11 is 0. The summed E-state index contributed by atoms with van der Waals surface area (Å²) in [7, 11) is -3.44. The third kappa shape index (κ3) is 3.83. The van der Waals surface area contributed by atoms with Gasteiger partial charge in [0.05, 0.1) is 6.26 Å². The van der Waals surface area contributed by atoms with Gasteiger partial charge in [0.1, 0.15) is 6.04 Å². The Morgan fingerprint density at radius 3 is 2.68 bits per heavy atom. The summed E-state index contributed by atoms with van der Waals surface area (Å²) in [5.41, 5.74) is 5.89. The van der Waals surface area contributed by atoms with E-state index in [1.807, 2.05) is 0 Å². The third-order valence-electron chi connectivity index (χ3n) is 3.60. The van der Waals surface area contributed by atoms with Gasteiger partial charge in [-0.1, -0.05) is 12.5 Å². The molecular formula is C14H19N3O4S. The van der Waals surface area contributed by atoms with Gasteiger partial charge >= 0.3 is 0 Å². The highest BCUT2D eigenvalue weighted by Crippen LogP contribution is 2.21. The first kappa shape index (κ1) is 16.4. The van der Waals surface area contributed by atoms with Crippen LogP contribution < -0.4 is 11.1 Å². The van der Waals surface area contributed by atoms with E-state index in [-0.39, 0.29) is 5.56 Å². The van der Waals surface area contributed by atoms with Crippen molar-refractivity contribution in [2.75, 3.05) is 18.1 Å². The van der Waals surface area contributed by atoms with E-state index in [4.69, 9.17) is 5.73 Å². The molecule has 3 N–H and O–H groups in total. The van der Waals surface area contributed by atoms with Crippen LogP contribution in [0.2, 0.25) is 0 Å². The minimum Gasteiger partial charge on any atom is -0.366 e. The number of rotatable bonds is 4. The molecule has 1 saturated heterocycles. The Bertz CT molecular complexity index is 687. The Morgan fingerprint density at radius 1 is 1.32 bits per heavy atom. The van der Waals surface area contributed by atoms with Crippen LogP contribution in [0.5, 0.6) is 0 Å². The van der Waals surface area contributed by atoms with Crippen LogP contribution in [-0.4, -0.2) is 43.4 Å². The second-order valence-corrected chi connectivity index (χ2v) is 7.25. The zero-order valence-corrected chi connectivity index (χ0v) is 13.1. The number of anilines is 1. The largest absolute Gasteiger partial charge is 0.366 e. The highest BCUT2D eigenvalue weighted by molar-refractivity contribution is 7.88. The monoisotopic (exact) mass is 325 g/mol. The van der Waals surface area contributed by atoms with Crippen LogP contribution in [-0.2, 0) is 14.8 Å². The molecule has 8 heteroatoms. The number of nitrogens with two attached hydrogens (primary N) is 1. The fourth-order valence-corrected chi connectivity index (χ4v) is 3.66. The molecule has 1 aromatic carbocycles. The number of sulfonamides is 1. The molecule has 0 aliphatic carbocycles. The van der Waals surface area contributed by atoms with Crippen molar-refractivity contribution in [3.8, 4) is 0 Å². The van der Waals surface area contributed by atoms with Crippen molar-refractivity contribution in [2.45, 2.75) is 25.3 Å². The van der Waals surface area contributed by atoms with Crippen LogP contribution in [0.15, 0.2) is 24.3 Å². The number of hydrogen-bond donors (Lipinski definition) is 2. The number of piperidine rings is 1. The number of carbonyl (C=O) groups excluding carboxylic acids is 2. The van der Waals surface area contributed by atoms with Crippen molar-refractivity contribution in [1.29, 1.82) is 0 Å². The maximum atomic E-state index is 12.4. The van der Waals surface area contributed by atoms with Gasteiger partial charge in [0, 0.05) is 17.8 Å². The van der Waals surface area contributed by atoms with E-state index in [1.165, 1.54) is 10.4 Å². The molecule has 1 unspecified atom stereocenters. The number of carbonyl (C=O) groups is 2. The molecule has 0 saturated carbocycles. The molecular weight excluding hydrogens is 306 g/mol. The Morgan fingerprint density at radius 2 is 2.05 bits per heavy atom. The van der Waals surface area contributed by atoms with Gasteiger partial charge < -0.3 is 11.1 Å². The van der Waals surface area contributed by atoms with Crippen LogP contribution in [0, 0.1) is 0 Å². The lowest BCUT2D eigenvalue weighted by Gasteiger charge is -2.32. The van der Waals surface area contributed by atoms with Crippen LogP contribution in [0.4, 0.5) is 5.69 Å². The Kier molecular flexibility index (Phi) is 4.82. The van der Waals surface area contributed by atoms with Crippen molar-refractivity contribution in [3.63, 3.8) is 0 Å². The molecule has 1 atom stereocenters. The van der Waals surface area contributed by atoms with Crippen LogP contribution in [0.25, 0.3) is 0 Å². The van der Waals surface area contributed by atoms with E-state index in [2.05, 4.69) is 5.32 Å². The fourth-order valence-electron chi connectivity index (χ4n) is 2.54. The van der Waals surface area contributed by atoms with Crippen molar-refractivity contribution in [1.82, 2.24) is 4.31 Å². The second-order valence-electron chi connectivity index (χ2n) is 5.32. The zero-order chi connectivity index (χ0) is 16.3. The predicted molar refractivity (Wildman–Crippen MR) is 82.8 cm³/mol. The molecule has 7 nitrogen and oxygen atoms in total. The standard InChI is InChI=1S/C14H19N3O4S/c1-22(20,21)17-8-3-2-7-12(17)14(19)16-11-6-4-5-10(9-11)13(15)18/h4-6,9,12H,2-3,7-8H2,1H3,(H2,15,18)(H,16,19). The predicted octanol–water partition coefficient (Wildman–Crippen LogP) is 0.538. The molecule has 1 fully saturated rings. The molecule has 1 aliphatic rings. The lowest BCUT2D eigenvalue weighted by atomic mass is 10.0. The lowest BCUT2D eigenvalue weighted by molar-refractivity contribution is -0.120. The van der Waals surface area contributed by atoms with E-state index in [0.717, 1.165) is 19.1 Å². The summed E-state index contributed by atoms with van der Waals surface area (Å²) in [5, 5.41) is 2.66. The topological polar surface area (TPSA) is 110 Å². The van der Waals surface area contributed by atoms with Crippen molar-refractivity contribution < 1.29 is 18.0 Å². The minimum atomic E-state index is -3.44. The van der Waals surface area contributed by atoms with Gasteiger partial charge in [-0.25, -0.2) is 8.42 Å². The van der Waals surface area contributed by atoms with Gasteiger partial charge in [-0.3, -0.25) is 9.59 Å². The van der Waals surface area contributed by atoms with E-state index in [9.17, 15) is 18.0 Å². The molecule has 1 heterocycles. The summed E-state index contributed by atoms with van der Waals surface area (Å²) in [6.45, 7) is 0.345. The van der Waals surface area contributed by atoms with Gasteiger partial charge in [0.2, 0.25) is 21.8 Å². The Labute approximate surface area is 129 Å². The van der Waals surface area contributed by atoms with Gasteiger partial charge in [0.25, 0.3) is 0 Å². The number of nitrogens with one attached hydrogen (secondary N) is 1. The minimum absolute atomic E-state index is 0.279. The number of primary amides is 1. The van der Waals surface area contributed by atoms with Crippen molar-refractivity contribution in [3.05, 3.63) is 29.8 Å². The number of nitrogens with zero attached hydrogens (tertiary/aromatic N) is 1. The molecule has 1 aliphatic heterocycles. The van der Waals surface area contributed by atoms with E-state index >= 15 is 0 Å². The SMILES string of the molecule is CS(=O)(=O)N1CCCCC1C(=O)Nc1cccc(C(N)=O)c1. The molecule has 0 bridgehead atoms. The number of amides is 2. The van der Waals surface area contributed by atoms with Gasteiger partial charge in [0.15, 0.2) is 0 Å². The summed E-state index contributed by atoms with van der Waals surface area (Å²) in [5.74, 6) is -0.988. The third-order valence-corrected chi connectivity index (χ3v) is 4.89. The number of hydrogen-bond acceptors (Lipinski definition) is 4. The maximum absolute atomic E-state index is 12.4. The highest BCUT2D eigenvalue weighted by Gasteiger charge is 2.34. The fraction of sp³-hybridized carbons (Fsp3) is 0.429. The number of benzene rings is 1. The van der Waals surface area contributed by atoms with Gasteiger partial charge in [-0.05, 0) is 31.0 Å².